The molecule has 0 aliphatic carbocycles. The van der Waals surface area contributed by atoms with E-state index in [0.29, 0.717) is 5.75 Å². The van der Waals surface area contributed by atoms with Crippen molar-refractivity contribution >= 4 is 11.6 Å². The van der Waals surface area contributed by atoms with Crippen molar-refractivity contribution in [3.05, 3.63) is 41.2 Å². The molecule has 0 bridgehead atoms. The summed E-state index contributed by atoms with van der Waals surface area (Å²) >= 11 is 0. The maximum absolute atomic E-state index is 12.2. The van der Waals surface area contributed by atoms with Crippen molar-refractivity contribution in [3.63, 3.8) is 0 Å². The van der Waals surface area contributed by atoms with Crippen LogP contribution in [0.15, 0.2) is 24.3 Å². The molecular weight excluding hydrogens is 266 g/mol. The lowest BCUT2D eigenvalue weighted by Crippen LogP contribution is -2.30. The number of hydrogen-bond acceptors (Lipinski definition) is 3. The van der Waals surface area contributed by atoms with E-state index in [1.165, 1.54) is 0 Å². The van der Waals surface area contributed by atoms with E-state index >= 15 is 0 Å². The number of aromatic nitrogens is 2. The molecule has 2 aromatic rings. The predicted molar refractivity (Wildman–Crippen MR) is 82.6 cm³/mol. The summed E-state index contributed by atoms with van der Waals surface area (Å²) in [7, 11) is 1.85. The van der Waals surface area contributed by atoms with Crippen LogP contribution in [-0.2, 0) is 11.8 Å². The lowest BCUT2D eigenvalue weighted by Gasteiger charge is -2.15. The Morgan fingerprint density at radius 3 is 2.62 bits per heavy atom. The monoisotopic (exact) mass is 287 g/mol. The van der Waals surface area contributed by atoms with Crippen LogP contribution >= 0.6 is 0 Å². The molecule has 112 valence electrons. The summed E-state index contributed by atoms with van der Waals surface area (Å²) in [6.07, 6.45) is -0.578. The van der Waals surface area contributed by atoms with E-state index in [2.05, 4.69) is 10.4 Å². The molecule has 0 saturated heterocycles. The van der Waals surface area contributed by atoms with E-state index in [1.807, 2.05) is 52.1 Å². The van der Waals surface area contributed by atoms with Crippen molar-refractivity contribution in [2.24, 2.45) is 7.05 Å². The molecule has 5 nitrogen and oxygen atoms in total. The van der Waals surface area contributed by atoms with Gasteiger partial charge in [0.25, 0.3) is 5.91 Å². The van der Waals surface area contributed by atoms with Crippen LogP contribution in [0.25, 0.3) is 0 Å². The van der Waals surface area contributed by atoms with Gasteiger partial charge in [0.2, 0.25) is 0 Å². The Morgan fingerprint density at radius 2 is 2.05 bits per heavy atom. The Balaban J connectivity index is 2.06. The van der Waals surface area contributed by atoms with Crippen molar-refractivity contribution < 1.29 is 9.53 Å². The van der Waals surface area contributed by atoms with E-state index in [1.54, 1.807) is 11.6 Å². The number of aryl methyl sites for hydroxylation is 3. The van der Waals surface area contributed by atoms with E-state index in [-0.39, 0.29) is 5.91 Å². The van der Waals surface area contributed by atoms with Crippen molar-refractivity contribution in [2.45, 2.75) is 33.8 Å². The summed E-state index contributed by atoms with van der Waals surface area (Å²) in [6, 6.07) is 7.65. The molecule has 0 radical (unpaired) electrons. The number of ether oxygens (including phenoxy) is 1. The first kappa shape index (κ1) is 15.1. The quantitative estimate of drug-likeness (QED) is 0.940. The lowest BCUT2D eigenvalue weighted by molar-refractivity contribution is -0.122. The smallest absolute Gasteiger partial charge is 0.265 e. The molecule has 0 aliphatic heterocycles. The number of amides is 1. The first-order valence-electron chi connectivity index (χ1n) is 6.93. The number of benzene rings is 1. The number of hydrogen-bond donors (Lipinski definition) is 1. The summed E-state index contributed by atoms with van der Waals surface area (Å²) < 4.78 is 7.42. The number of rotatable bonds is 4. The number of carbonyl (C=O) groups excluding carboxylic acids is 1. The molecule has 0 saturated carbocycles. The SMILES string of the molecule is Cc1cccc(OC(C)C(=O)Nc2c(C)nn(C)c2C)c1. The molecule has 0 spiro atoms. The van der Waals surface area contributed by atoms with Gasteiger partial charge < -0.3 is 10.1 Å². The van der Waals surface area contributed by atoms with Crippen LogP contribution in [0.5, 0.6) is 5.75 Å². The van der Waals surface area contributed by atoms with E-state index in [4.69, 9.17) is 4.74 Å². The van der Waals surface area contributed by atoms with Gasteiger partial charge in [-0.25, -0.2) is 0 Å². The Morgan fingerprint density at radius 1 is 1.33 bits per heavy atom. The summed E-state index contributed by atoms with van der Waals surface area (Å²) in [4.78, 5) is 12.2. The molecule has 1 atom stereocenters. The molecular formula is C16H21N3O2. The summed E-state index contributed by atoms with van der Waals surface area (Å²) in [5, 5.41) is 7.17. The zero-order valence-electron chi connectivity index (χ0n) is 13.1. The molecule has 1 amide bonds. The van der Waals surface area contributed by atoms with E-state index < -0.39 is 6.10 Å². The van der Waals surface area contributed by atoms with Crippen molar-refractivity contribution in [1.29, 1.82) is 0 Å². The van der Waals surface area contributed by atoms with Crippen LogP contribution in [0, 0.1) is 20.8 Å². The van der Waals surface area contributed by atoms with Crippen LogP contribution in [0.3, 0.4) is 0 Å². The normalized spacial score (nSPS) is 12.0. The highest BCUT2D eigenvalue weighted by Gasteiger charge is 2.18. The fourth-order valence-electron chi connectivity index (χ4n) is 2.13. The summed E-state index contributed by atoms with van der Waals surface area (Å²) in [5.41, 5.74) is 3.57. The third kappa shape index (κ3) is 3.42. The van der Waals surface area contributed by atoms with Gasteiger partial charge in [0.05, 0.1) is 17.1 Å². The molecule has 0 aliphatic rings. The summed E-state index contributed by atoms with van der Waals surface area (Å²) in [6.45, 7) is 7.51. The Hall–Kier alpha value is -2.30. The second-order valence-corrected chi connectivity index (χ2v) is 5.24. The van der Waals surface area contributed by atoms with Gasteiger partial charge in [0.1, 0.15) is 5.75 Å². The fourth-order valence-corrected chi connectivity index (χ4v) is 2.13. The lowest BCUT2D eigenvalue weighted by atomic mass is 10.2. The Kier molecular flexibility index (Phi) is 4.31. The van der Waals surface area contributed by atoms with Crippen molar-refractivity contribution in [2.75, 3.05) is 5.32 Å². The highest BCUT2D eigenvalue weighted by atomic mass is 16.5. The van der Waals surface area contributed by atoms with Crippen LogP contribution in [0.4, 0.5) is 5.69 Å². The van der Waals surface area contributed by atoms with Gasteiger partial charge in [-0.1, -0.05) is 12.1 Å². The second kappa shape index (κ2) is 5.99. The van der Waals surface area contributed by atoms with Gasteiger partial charge in [-0.05, 0) is 45.4 Å². The van der Waals surface area contributed by atoms with Crippen LogP contribution < -0.4 is 10.1 Å². The first-order valence-corrected chi connectivity index (χ1v) is 6.93. The van der Waals surface area contributed by atoms with Gasteiger partial charge in [-0.15, -0.1) is 0 Å². The average Bonchev–Trinajstić information content (AvgIpc) is 2.65. The van der Waals surface area contributed by atoms with Crippen LogP contribution in [0.2, 0.25) is 0 Å². The van der Waals surface area contributed by atoms with Gasteiger partial charge in [0, 0.05) is 7.05 Å². The molecule has 5 heteroatoms. The van der Waals surface area contributed by atoms with Gasteiger partial charge in [-0.3, -0.25) is 9.48 Å². The summed E-state index contributed by atoms with van der Waals surface area (Å²) in [5.74, 6) is 0.507. The standard InChI is InChI=1S/C16H21N3O2/c1-10-7-6-8-14(9-10)21-13(4)16(20)17-15-11(2)18-19(5)12(15)3/h6-9,13H,1-5H3,(H,17,20). The van der Waals surface area contributed by atoms with Crippen molar-refractivity contribution in [1.82, 2.24) is 9.78 Å². The number of nitrogens with one attached hydrogen (secondary N) is 1. The molecule has 0 fully saturated rings. The van der Waals surface area contributed by atoms with E-state index in [0.717, 1.165) is 22.6 Å². The number of nitrogens with zero attached hydrogens (tertiary/aromatic N) is 2. The maximum Gasteiger partial charge on any atom is 0.265 e. The molecule has 1 aromatic carbocycles. The third-order valence-electron chi connectivity index (χ3n) is 3.43. The van der Waals surface area contributed by atoms with Gasteiger partial charge in [-0.2, -0.15) is 5.10 Å². The topological polar surface area (TPSA) is 56.1 Å². The van der Waals surface area contributed by atoms with E-state index in [9.17, 15) is 4.79 Å². The minimum atomic E-state index is -0.578. The zero-order valence-corrected chi connectivity index (χ0v) is 13.1. The number of carbonyl (C=O) groups is 1. The average molecular weight is 287 g/mol. The third-order valence-corrected chi connectivity index (χ3v) is 3.43. The highest BCUT2D eigenvalue weighted by Crippen LogP contribution is 2.19. The minimum Gasteiger partial charge on any atom is -0.481 e. The number of anilines is 1. The van der Waals surface area contributed by atoms with Gasteiger partial charge in [0.15, 0.2) is 6.10 Å². The molecule has 1 unspecified atom stereocenters. The minimum absolute atomic E-state index is 0.185. The Labute approximate surface area is 124 Å². The molecule has 2 rings (SSSR count). The molecule has 21 heavy (non-hydrogen) atoms. The highest BCUT2D eigenvalue weighted by molar-refractivity contribution is 5.95. The largest absolute Gasteiger partial charge is 0.481 e. The van der Waals surface area contributed by atoms with Crippen LogP contribution in [0.1, 0.15) is 23.9 Å². The van der Waals surface area contributed by atoms with Crippen molar-refractivity contribution in [3.8, 4) is 5.75 Å². The molecule has 1 heterocycles. The van der Waals surface area contributed by atoms with Crippen LogP contribution in [-0.4, -0.2) is 21.8 Å². The molecule has 1 aromatic heterocycles. The maximum atomic E-state index is 12.2. The molecule has 1 N–H and O–H groups in total. The second-order valence-electron chi connectivity index (χ2n) is 5.24. The zero-order chi connectivity index (χ0) is 15.6. The first-order chi connectivity index (χ1) is 9.88. The fraction of sp³-hybridized carbons (Fsp3) is 0.375. The Bertz CT molecular complexity index is 662. The van der Waals surface area contributed by atoms with Gasteiger partial charge >= 0.3 is 0 Å². The predicted octanol–water partition coefficient (Wildman–Crippen LogP) is 2.75.